The first-order valence-electron chi connectivity index (χ1n) is 7.10. The van der Waals surface area contributed by atoms with Crippen molar-refractivity contribution in [2.24, 2.45) is 0 Å². The third-order valence-corrected chi connectivity index (χ3v) is 3.32. The molecule has 108 valence electrons. The first kappa shape index (κ1) is 14.7. The normalized spacial score (nSPS) is 11.2. The summed E-state index contributed by atoms with van der Waals surface area (Å²) < 4.78 is 16.2. The van der Waals surface area contributed by atoms with Crippen LogP contribution in [0.4, 0.5) is 4.39 Å². The summed E-state index contributed by atoms with van der Waals surface area (Å²) in [6, 6.07) is 5.85. The van der Waals surface area contributed by atoms with Crippen LogP contribution in [0.15, 0.2) is 30.6 Å². The van der Waals surface area contributed by atoms with Gasteiger partial charge in [0, 0.05) is 37.9 Å². The molecular formula is C16H22FN3. The standard InChI is InChI=1S/C16H22FN3/c1-4-20-8-7-18-16(20)10-14-6-5-13(9-15(14)17)11-19-12(2)3/h5-9,12,19H,4,10-11H2,1-3H3. The van der Waals surface area contributed by atoms with E-state index < -0.39 is 0 Å². The van der Waals surface area contributed by atoms with Crippen molar-refractivity contribution in [1.82, 2.24) is 14.9 Å². The van der Waals surface area contributed by atoms with Crippen LogP contribution in [0.25, 0.3) is 0 Å². The zero-order chi connectivity index (χ0) is 14.5. The van der Waals surface area contributed by atoms with Crippen LogP contribution < -0.4 is 5.32 Å². The van der Waals surface area contributed by atoms with Crippen molar-refractivity contribution in [3.63, 3.8) is 0 Å². The molecule has 2 aromatic rings. The Morgan fingerprint density at radius 2 is 2.15 bits per heavy atom. The van der Waals surface area contributed by atoms with Gasteiger partial charge in [-0.25, -0.2) is 9.37 Å². The molecule has 0 radical (unpaired) electrons. The molecule has 1 N–H and O–H groups in total. The molecule has 0 amide bonds. The summed E-state index contributed by atoms with van der Waals surface area (Å²) >= 11 is 0. The van der Waals surface area contributed by atoms with Gasteiger partial charge in [-0.15, -0.1) is 0 Å². The van der Waals surface area contributed by atoms with E-state index >= 15 is 0 Å². The maximum Gasteiger partial charge on any atom is 0.127 e. The molecule has 0 unspecified atom stereocenters. The summed E-state index contributed by atoms with van der Waals surface area (Å²) in [5.74, 6) is 0.748. The third-order valence-electron chi connectivity index (χ3n) is 3.32. The molecule has 0 saturated heterocycles. The maximum absolute atomic E-state index is 14.1. The lowest BCUT2D eigenvalue weighted by Gasteiger charge is -2.10. The summed E-state index contributed by atoms with van der Waals surface area (Å²) in [6.07, 6.45) is 4.22. The third kappa shape index (κ3) is 3.67. The molecule has 0 atom stereocenters. The molecule has 2 rings (SSSR count). The number of hydrogen-bond donors (Lipinski definition) is 1. The van der Waals surface area contributed by atoms with Crippen molar-refractivity contribution >= 4 is 0 Å². The van der Waals surface area contributed by atoms with Gasteiger partial charge in [0.1, 0.15) is 11.6 Å². The Kier molecular flexibility index (Phi) is 4.90. The van der Waals surface area contributed by atoms with Gasteiger partial charge in [-0.3, -0.25) is 0 Å². The van der Waals surface area contributed by atoms with Crippen molar-refractivity contribution in [3.05, 3.63) is 53.4 Å². The minimum Gasteiger partial charge on any atom is -0.335 e. The number of aromatic nitrogens is 2. The minimum atomic E-state index is -0.154. The average molecular weight is 275 g/mol. The molecule has 4 heteroatoms. The van der Waals surface area contributed by atoms with Crippen LogP contribution in [-0.2, 0) is 19.5 Å². The van der Waals surface area contributed by atoms with Crippen LogP contribution in [0.3, 0.4) is 0 Å². The quantitative estimate of drug-likeness (QED) is 0.877. The lowest BCUT2D eigenvalue weighted by atomic mass is 10.1. The summed E-state index contributed by atoms with van der Waals surface area (Å²) in [5, 5.41) is 3.29. The maximum atomic E-state index is 14.1. The zero-order valence-corrected chi connectivity index (χ0v) is 12.4. The van der Waals surface area contributed by atoms with E-state index in [4.69, 9.17) is 0 Å². The monoisotopic (exact) mass is 275 g/mol. The Hall–Kier alpha value is -1.68. The van der Waals surface area contributed by atoms with Gasteiger partial charge in [-0.1, -0.05) is 26.0 Å². The summed E-state index contributed by atoms with van der Waals surface area (Å²) in [7, 11) is 0. The molecule has 0 spiro atoms. The smallest absolute Gasteiger partial charge is 0.127 e. The zero-order valence-electron chi connectivity index (χ0n) is 12.4. The van der Waals surface area contributed by atoms with Gasteiger partial charge in [0.2, 0.25) is 0 Å². The van der Waals surface area contributed by atoms with E-state index in [1.54, 1.807) is 12.3 Å². The highest BCUT2D eigenvalue weighted by molar-refractivity contribution is 5.27. The summed E-state index contributed by atoms with van der Waals surface area (Å²) in [4.78, 5) is 4.29. The van der Waals surface area contributed by atoms with E-state index in [2.05, 4.69) is 31.1 Å². The highest BCUT2D eigenvalue weighted by Crippen LogP contribution is 2.15. The number of benzene rings is 1. The number of halogens is 1. The predicted octanol–water partition coefficient (Wildman–Crippen LogP) is 3.13. The minimum absolute atomic E-state index is 0.154. The lowest BCUT2D eigenvalue weighted by Crippen LogP contribution is -2.21. The molecule has 1 aromatic heterocycles. The van der Waals surface area contributed by atoms with E-state index in [0.29, 0.717) is 24.6 Å². The van der Waals surface area contributed by atoms with Crippen LogP contribution >= 0.6 is 0 Å². The number of hydrogen-bond acceptors (Lipinski definition) is 2. The fourth-order valence-electron chi connectivity index (χ4n) is 2.13. The molecule has 1 heterocycles. The summed E-state index contributed by atoms with van der Waals surface area (Å²) in [5.41, 5.74) is 1.66. The average Bonchev–Trinajstić information content (AvgIpc) is 2.86. The Labute approximate surface area is 119 Å². The van der Waals surface area contributed by atoms with Crippen molar-refractivity contribution in [1.29, 1.82) is 0 Å². The van der Waals surface area contributed by atoms with Crippen LogP contribution in [0.2, 0.25) is 0 Å². The number of nitrogens with one attached hydrogen (secondary N) is 1. The number of nitrogens with zero attached hydrogens (tertiary/aromatic N) is 2. The number of rotatable bonds is 6. The molecule has 0 aliphatic rings. The Morgan fingerprint density at radius 3 is 2.80 bits per heavy atom. The topological polar surface area (TPSA) is 29.9 Å². The molecular weight excluding hydrogens is 253 g/mol. The van der Waals surface area contributed by atoms with Crippen molar-refractivity contribution < 1.29 is 4.39 Å². The second kappa shape index (κ2) is 6.66. The second-order valence-corrected chi connectivity index (χ2v) is 5.27. The van der Waals surface area contributed by atoms with Crippen LogP contribution in [0.5, 0.6) is 0 Å². The van der Waals surface area contributed by atoms with Gasteiger partial charge in [-0.05, 0) is 24.1 Å². The van der Waals surface area contributed by atoms with Gasteiger partial charge >= 0.3 is 0 Å². The highest BCUT2D eigenvalue weighted by atomic mass is 19.1. The van der Waals surface area contributed by atoms with Crippen LogP contribution in [-0.4, -0.2) is 15.6 Å². The predicted molar refractivity (Wildman–Crippen MR) is 79.1 cm³/mol. The fraction of sp³-hybridized carbons (Fsp3) is 0.438. The van der Waals surface area contributed by atoms with Crippen molar-refractivity contribution in [2.75, 3.05) is 0 Å². The van der Waals surface area contributed by atoms with E-state index in [1.165, 1.54) is 0 Å². The molecule has 0 saturated carbocycles. The van der Waals surface area contributed by atoms with E-state index in [1.807, 2.05) is 22.9 Å². The van der Waals surface area contributed by atoms with Crippen molar-refractivity contribution in [3.8, 4) is 0 Å². The van der Waals surface area contributed by atoms with E-state index in [-0.39, 0.29) is 5.82 Å². The van der Waals surface area contributed by atoms with E-state index in [0.717, 1.165) is 17.9 Å². The molecule has 0 fully saturated rings. The summed E-state index contributed by atoms with van der Waals surface area (Å²) in [6.45, 7) is 7.76. The van der Waals surface area contributed by atoms with Gasteiger partial charge in [0.15, 0.2) is 0 Å². The first-order chi connectivity index (χ1) is 9.60. The SMILES string of the molecule is CCn1ccnc1Cc1ccc(CNC(C)C)cc1F. The van der Waals surface area contributed by atoms with Crippen molar-refractivity contribution in [2.45, 2.75) is 46.3 Å². The number of aryl methyl sites for hydroxylation is 1. The molecule has 20 heavy (non-hydrogen) atoms. The lowest BCUT2D eigenvalue weighted by molar-refractivity contribution is 0.577. The molecule has 0 bridgehead atoms. The second-order valence-electron chi connectivity index (χ2n) is 5.27. The Bertz CT molecular complexity index is 561. The highest BCUT2D eigenvalue weighted by Gasteiger charge is 2.08. The van der Waals surface area contributed by atoms with Gasteiger partial charge in [-0.2, -0.15) is 0 Å². The Morgan fingerprint density at radius 1 is 1.35 bits per heavy atom. The van der Waals surface area contributed by atoms with Crippen LogP contribution in [0.1, 0.15) is 37.7 Å². The van der Waals surface area contributed by atoms with Gasteiger partial charge < -0.3 is 9.88 Å². The van der Waals surface area contributed by atoms with Crippen LogP contribution in [0, 0.1) is 5.82 Å². The fourth-order valence-corrected chi connectivity index (χ4v) is 2.13. The number of imidazole rings is 1. The Balaban J connectivity index is 2.10. The molecule has 0 aliphatic carbocycles. The first-order valence-corrected chi connectivity index (χ1v) is 7.10. The molecule has 3 nitrogen and oxygen atoms in total. The van der Waals surface area contributed by atoms with Gasteiger partial charge in [0.05, 0.1) is 0 Å². The van der Waals surface area contributed by atoms with E-state index in [9.17, 15) is 4.39 Å². The van der Waals surface area contributed by atoms with Gasteiger partial charge in [0.25, 0.3) is 0 Å². The largest absolute Gasteiger partial charge is 0.335 e. The molecule has 0 aliphatic heterocycles. The molecule has 1 aromatic carbocycles.